The molecule has 4 rings (SSSR count). The van der Waals surface area contributed by atoms with Crippen molar-refractivity contribution >= 4 is 5.97 Å². The standard InChI is InChI=1S/C16H16N2O3/c19-16(20)12-8-4-3-7-11(12)14-17-18-15(21-14)13-9-5-1-2-6-10(9)13/h3-4,7-10,13H,1-2,5-6H2,(H,19,20). The molecule has 1 heterocycles. The fourth-order valence-electron chi connectivity index (χ4n) is 3.69. The van der Waals surface area contributed by atoms with Crippen molar-refractivity contribution < 1.29 is 14.3 Å². The van der Waals surface area contributed by atoms with Crippen LogP contribution in [0.1, 0.15) is 47.8 Å². The lowest BCUT2D eigenvalue weighted by atomic mass is 10.0. The van der Waals surface area contributed by atoms with E-state index in [1.54, 1.807) is 24.3 Å². The molecule has 5 nitrogen and oxygen atoms in total. The second-order valence-corrected chi connectivity index (χ2v) is 5.93. The molecule has 1 aromatic heterocycles. The number of aromatic nitrogens is 2. The van der Waals surface area contributed by atoms with E-state index < -0.39 is 5.97 Å². The minimum absolute atomic E-state index is 0.195. The first-order valence-electron chi connectivity index (χ1n) is 7.42. The normalized spacial score (nSPS) is 27.1. The molecule has 0 spiro atoms. The van der Waals surface area contributed by atoms with Gasteiger partial charge in [0.2, 0.25) is 11.8 Å². The van der Waals surface area contributed by atoms with Gasteiger partial charge in [0.05, 0.1) is 11.1 Å². The molecule has 1 aromatic carbocycles. The van der Waals surface area contributed by atoms with Crippen LogP contribution in [0.15, 0.2) is 28.7 Å². The van der Waals surface area contributed by atoms with Gasteiger partial charge >= 0.3 is 5.97 Å². The molecule has 2 aliphatic rings. The quantitative estimate of drug-likeness (QED) is 0.935. The highest BCUT2D eigenvalue weighted by molar-refractivity contribution is 5.94. The highest BCUT2D eigenvalue weighted by Gasteiger charge is 2.54. The molecule has 2 unspecified atom stereocenters. The van der Waals surface area contributed by atoms with Crippen molar-refractivity contribution in [1.29, 1.82) is 0 Å². The first kappa shape index (κ1) is 12.6. The van der Waals surface area contributed by atoms with E-state index in [9.17, 15) is 9.90 Å². The third-order valence-corrected chi connectivity index (χ3v) is 4.77. The second-order valence-electron chi connectivity index (χ2n) is 5.93. The average Bonchev–Trinajstić information content (AvgIpc) is 3.04. The monoisotopic (exact) mass is 284 g/mol. The summed E-state index contributed by atoms with van der Waals surface area (Å²) in [5.74, 6) is 1.80. The molecular weight excluding hydrogens is 268 g/mol. The fraction of sp³-hybridized carbons (Fsp3) is 0.438. The highest BCUT2D eigenvalue weighted by Crippen LogP contribution is 2.60. The van der Waals surface area contributed by atoms with Crippen molar-refractivity contribution in [3.05, 3.63) is 35.7 Å². The van der Waals surface area contributed by atoms with Crippen LogP contribution in [0.3, 0.4) is 0 Å². The molecule has 2 atom stereocenters. The molecule has 2 fully saturated rings. The first-order chi connectivity index (χ1) is 10.3. The number of carbonyl (C=O) groups is 1. The molecule has 0 radical (unpaired) electrons. The van der Waals surface area contributed by atoms with E-state index in [4.69, 9.17) is 4.42 Å². The van der Waals surface area contributed by atoms with E-state index in [0.717, 1.165) is 0 Å². The Balaban J connectivity index is 1.65. The molecule has 1 N–H and O–H groups in total. The molecule has 0 aliphatic heterocycles. The first-order valence-corrected chi connectivity index (χ1v) is 7.42. The summed E-state index contributed by atoms with van der Waals surface area (Å²) < 4.78 is 5.79. The molecule has 108 valence electrons. The van der Waals surface area contributed by atoms with E-state index in [0.29, 0.717) is 35.1 Å². The third kappa shape index (κ3) is 2.04. The zero-order chi connectivity index (χ0) is 14.4. The van der Waals surface area contributed by atoms with E-state index in [1.165, 1.54) is 25.7 Å². The molecule has 2 aliphatic carbocycles. The van der Waals surface area contributed by atoms with Crippen LogP contribution >= 0.6 is 0 Å². The molecular formula is C16H16N2O3. The van der Waals surface area contributed by atoms with Crippen LogP contribution < -0.4 is 0 Å². The summed E-state index contributed by atoms with van der Waals surface area (Å²) in [7, 11) is 0. The van der Waals surface area contributed by atoms with Crippen LogP contribution in [0.25, 0.3) is 11.5 Å². The van der Waals surface area contributed by atoms with Crippen molar-refractivity contribution in [3.63, 3.8) is 0 Å². The Labute approximate surface area is 122 Å². The van der Waals surface area contributed by atoms with Gasteiger partial charge in [-0.05, 0) is 36.8 Å². The molecule has 5 heteroatoms. The molecule has 2 aromatic rings. The van der Waals surface area contributed by atoms with Crippen molar-refractivity contribution in [2.75, 3.05) is 0 Å². The number of aromatic carboxylic acids is 1. The summed E-state index contributed by atoms with van der Waals surface area (Å²) in [5.41, 5.74) is 0.688. The third-order valence-electron chi connectivity index (χ3n) is 4.77. The van der Waals surface area contributed by atoms with Crippen molar-refractivity contribution in [3.8, 4) is 11.5 Å². The number of benzene rings is 1. The predicted molar refractivity (Wildman–Crippen MR) is 74.9 cm³/mol. The summed E-state index contributed by atoms with van der Waals surface area (Å²) in [6.45, 7) is 0. The zero-order valence-electron chi connectivity index (χ0n) is 11.5. The van der Waals surface area contributed by atoms with Crippen LogP contribution in [0.4, 0.5) is 0 Å². The van der Waals surface area contributed by atoms with Gasteiger partial charge in [-0.2, -0.15) is 0 Å². The number of rotatable bonds is 3. The second kappa shape index (κ2) is 4.69. The smallest absolute Gasteiger partial charge is 0.336 e. The Hall–Kier alpha value is -2.17. The number of hydrogen-bond donors (Lipinski definition) is 1. The molecule has 0 amide bonds. The van der Waals surface area contributed by atoms with Crippen LogP contribution in [0.2, 0.25) is 0 Å². The van der Waals surface area contributed by atoms with Gasteiger partial charge in [-0.15, -0.1) is 10.2 Å². The van der Waals surface area contributed by atoms with Crippen molar-refractivity contribution in [1.82, 2.24) is 10.2 Å². The van der Waals surface area contributed by atoms with Gasteiger partial charge in [-0.3, -0.25) is 0 Å². The maximum absolute atomic E-state index is 11.3. The van der Waals surface area contributed by atoms with Gasteiger partial charge in [0, 0.05) is 5.92 Å². The Bertz CT molecular complexity index is 682. The minimum atomic E-state index is -0.981. The molecule has 0 saturated heterocycles. The lowest BCUT2D eigenvalue weighted by Crippen LogP contribution is -1.99. The summed E-state index contributed by atoms with van der Waals surface area (Å²) in [6, 6.07) is 6.74. The van der Waals surface area contributed by atoms with E-state index >= 15 is 0 Å². The Morgan fingerprint density at radius 3 is 2.57 bits per heavy atom. The topological polar surface area (TPSA) is 76.2 Å². The zero-order valence-corrected chi connectivity index (χ0v) is 11.5. The SMILES string of the molecule is O=C(O)c1ccccc1-c1nnc(C2C3CCCCC32)o1. The van der Waals surface area contributed by atoms with Crippen LogP contribution in [0.5, 0.6) is 0 Å². The van der Waals surface area contributed by atoms with E-state index in [2.05, 4.69) is 10.2 Å². The minimum Gasteiger partial charge on any atom is -0.478 e. The molecule has 2 saturated carbocycles. The van der Waals surface area contributed by atoms with Crippen LogP contribution in [0, 0.1) is 11.8 Å². The van der Waals surface area contributed by atoms with Gasteiger partial charge < -0.3 is 9.52 Å². The number of carboxylic acids is 1. The van der Waals surface area contributed by atoms with Gasteiger partial charge in [0.15, 0.2) is 0 Å². The van der Waals surface area contributed by atoms with Gasteiger partial charge in [-0.25, -0.2) is 4.79 Å². The van der Waals surface area contributed by atoms with Gasteiger partial charge in [0.1, 0.15) is 0 Å². The summed E-state index contributed by atoms with van der Waals surface area (Å²) >= 11 is 0. The molecule has 21 heavy (non-hydrogen) atoms. The largest absolute Gasteiger partial charge is 0.478 e. The highest BCUT2D eigenvalue weighted by atomic mass is 16.4. The lowest BCUT2D eigenvalue weighted by Gasteiger charge is -2.04. The summed E-state index contributed by atoms with van der Waals surface area (Å²) in [5, 5.41) is 17.5. The fourth-order valence-corrected chi connectivity index (χ4v) is 3.69. The number of fused-ring (bicyclic) bond motifs is 1. The van der Waals surface area contributed by atoms with Gasteiger partial charge in [0.25, 0.3) is 0 Å². The van der Waals surface area contributed by atoms with Crippen molar-refractivity contribution in [2.45, 2.75) is 31.6 Å². The van der Waals surface area contributed by atoms with Crippen molar-refractivity contribution in [2.24, 2.45) is 11.8 Å². The number of nitrogens with zero attached hydrogens (tertiary/aromatic N) is 2. The lowest BCUT2D eigenvalue weighted by molar-refractivity contribution is 0.0697. The number of hydrogen-bond acceptors (Lipinski definition) is 4. The van der Waals surface area contributed by atoms with Gasteiger partial charge in [-0.1, -0.05) is 25.0 Å². The summed E-state index contributed by atoms with van der Waals surface area (Å²) in [4.78, 5) is 11.3. The summed E-state index contributed by atoms with van der Waals surface area (Å²) in [6.07, 6.45) is 5.08. The van der Waals surface area contributed by atoms with E-state index in [1.807, 2.05) is 0 Å². The van der Waals surface area contributed by atoms with E-state index in [-0.39, 0.29) is 5.56 Å². The number of carboxylic acid groups (broad SMARTS) is 1. The Kier molecular flexibility index (Phi) is 2.80. The predicted octanol–water partition coefficient (Wildman–Crippen LogP) is 3.34. The van der Waals surface area contributed by atoms with Crippen LogP contribution in [-0.4, -0.2) is 21.3 Å². The average molecular weight is 284 g/mol. The maximum Gasteiger partial charge on any atom is 0.336 e. The Morgan fingerprint density at radius 1 is 1.14 bits per heavy atom. The molecule has 0 bridgehead atoms. The Morgan fingerprint density at radius 2 is 1.86 bits per heavy atom. The van der Waals surface area contributed by atoms with Crippen LogP contribution in [-0.2, 0) is 0 Å². The maximum atomic E-state index is 11.3.